The van der Waals surface area contributed by atoms with Crippen LogP contribution in [-0.2, 0) is 0 Å². The van der Waals surface area contributed by atoms with E-state index in [9.17, 15) is 13.6 Å². The molecule has 0 aliphatic rings. The Labute approximate surface area is 126 Å². The fourth-order valence-corrected chi connectivity index (χ4v) is 2.37. The monoisotopic (exact) mass is 351 g/mol. The average molecular weight is 352 g/mol. The number of halogens is 3. The molecule has 0 radical (unpaired) electrons. The van der Waals surface area contributed by atoms with Gasteiger partial charge in [-0.15, -0.1) is 0 Å². The summed E-state index contributed by atoms with van der Waals surface area (Å²) in [6, 6.07) is 10.1. The summed E-state index contributed by atoms with van der Waals surface area (Å²) >= 11 is 3.33. The Morgan fingerprint density at radius 3 is 2.62 bits per heavy atom. The number of carbonyl (C=O) groups excluding carboxylic acids is 1. The third kappa shape index (κ3) is 2.67. The number of hydrogen-bond acceptors (Lipinski definition) is 2. The molecule has 1 N–H and O–H groups in total. The zero-order chi connectivity index (χ0) is 15.0. The van der Waals surface area contributed by atoms with Gasteiger partial charge in [0.25, 0.3) is 5.91 Å². The van der Waals surface area contributed by atoms with Gasteiger partial charge in [0.1, 0.15) is 5.58 Å². The van der Waals surface area contributed by atoms with Gasteiger partial charge in [-0.2, -0.15) is 0 Å². The molecule has 3 aromatic rings. The van der Waals surface area contributed by atoms with Gasteiger partial charge in [-0.3, -0.25) is 4.79 Å². The average Bonchev–Trinajstić information content (AvgIpc) is 2.89. The van der Waals surface area contributed by atoms with E-state index in [2.05, 4.69) is 21.2 Å². The molecule has 0 spiro atoms. The molecule has 106 valence electrons. The van der Waals surface area contributed by atoms with Crippen molar-refractivity contribution in [1.82, 2.24) is 0 Å². The topological polar surface area (TPSA) is 42.2 Å². The first-order valence-corrected chi connectivity index (χ1v) is 6.78. The van der Waals surface area contributed by atoms with E-state index in [1.54, 1.807) is 18.2 Å². The van der Waals surface area contributed by atoms with E-state index >= 15 is 0 Å². The first-order chi connectivity index (χ1) is 10.0. The smallest absolute Gasteiger partial charge is 0.291 e. The molecule has 3 nitrogen and oxygen atoms in total. The quantitative estimate of drug-likeness (QED) is 0.725. The van der Waals surface area contributed by atoms with Crippen molar-refractivity contribution in [1.29, 1.82) is 0 Å². The highest BCUT2D eigenvalue weighted by Crippen LogP contribution is 2.27. The summed E-state index contributed by atoms with van der Waals surface area (Å²) in [4.78, 5) is 12.1. The fourth-order valence-electron chi connectivity index (χ4n) is 1.91. The number of amides is 1. The Kier molecular flexibility index (Phi) is 3.47. The molecule has 0 unspecified atom stereocenters. The van der Waals surface area contributed by atoms with E-state index in [4.69, 9.17) is 4.42 Å². The van der Waals surface area contributed by atoms with E-state index < -0.39 is 17.5 Å². The second-order valence-corrected chi connectivity index (χ2v) is 5.21. The lowest BCUT2D eigenvalue weighted by Gasteiger charge is -2.03. The van der Waals surface area contributed by atoms with Crippen molar-refractivity contribution in [2.45, 2.75) is 0 Å². The van der Waals surface area contributed by atoms with Crippen molar-refractivity contribution in [2.24, 2.45) is 0 Å². The molecule has 0 aliphatic carbocycles. The number of rotatable bonds is 2. The maximum absolute atomic E-state index is 13.1. The Morgan fingerprint density at radius 1 is 1.10 bits per heavy atom. The van der Waals surface area contributed by atoms with Crippen LogP contribution in [0.1, 0.15) is 10.6 Å². The Hall–Kier alpha value is -2.21. The first-order valence-electron chi connectivity index (χ1n) is 5.99. The highest BCUT2D eigenvalue weighted by atomic mass is 79.9. The number of carbonyl (C=O) groups is 1. The Bertz CT molecular complexity index is 845. The third-order valence-electron chi connectivity index (χ3n) is 2.90. The van der Waals surface area contributed by atoms with Crippen LogP contribution in [-0.4, -0.2) is 5.91 Å². The van der Waals surface area contributed by atoms with E-state index in [0.29, 0.717) is 5.58 Å². The molecule has 6 heteroatoms. The van der Waals surface area contributed by atoms with Gasteiger partial charge in [0, 0.05) is 17.1 Å². The van der Waals surface area contributed by atoms with Gasteiger partial charge >= 0.3 is 0 Å². The largest absolute Gasteiger partial charge is 0.450 e. The van der Waals surface area contributed by atoms with Crippen LogP contribution in [0, 0.1) is 11.6 Å². The molecule has 0 fully saturated rings. The predicted octanol–water partition coefficient (Wildman–Crippen LogP) is 4.73. The van der Waals surface area contributed by atoms with Crippen molar-refractivity contribution in [2.75, 3.05) is 5.32 Å². The second-order valence-electron chi connectivity index (χ2n) is 4.35. The van der Waals surface area contributed by atoms with Crippen molar-refractivity contribution in [3.63, 3.8) is 0 Å². The third-order valence-corrected chi connectivity index (χ3v) is 3.52. The van der Waals surface area contributed by atoms with Gasteiger partial charge in [-0.25, -0.2) is 8.78 Å². The molecule has 0 saturated heterocycles. The van der Waals surface area contributed by atoms with Crippen LogP contribution in [0.5, 0.6) is 0 Å². The molecule has 0 saturated carbocycles. The minimum Gasteiger partial charge on any atom is -0.450 e. The molecule has 21 heavy (non-hydrogen) atoms. The van der Waals surface area contributed by atoms with Crippen molar-refractivity contribution >= 4 is 38.5 Å². The number of benzene rings is 2. The predicted molar refractivity (Wildman–Crippen MR) is 78.2 cm³/mol. The summed E-state index contributed by atoms with van der Waals surface area (Å²) in [7, 11) is 0. The number of para-hydroxylation sites is 1. The molecule has 0 atom stereocenters. The number of hydrogen-bond donors (Lipinski definition) is 1. The first kappa shape index (κ1) is 13.8. The van der Waals surface area contributed by atoms with E-state index in [1.165, 1.54) is 6.07 Å². The molecule has 0 aliphatic heterocycles. The van der Waals surface area contributed by atoms with Gasteiger partial charge in [-0.1, -0.05) is 12.1 Å². The van der Waals surface area contributed by atoms with Gasteiger partial charge < -0.3 is 9.73 Å². The minimum absolute atomic E-state index is 0.0848. The lowest BCUT2D eigenvalue weighted by molar-refractivity contribution is 0.0998. The fraction of sp³-hybridized carbons (Fsp3) is 0. The molecule has 1 amide bonds. The zero-order valence-corrected chi connectivity index (χ0v) is 12.1. The van der Waals surface area contributed by atoms with Crippen LogP contribution in [0.15, 0.2) is 51.4 Å². The summed E-state index contributed by atoms with van der Waals surface area (Å²) in [6.07, 6.45) is 0. The van der Waals surface area contributed by atoms with Gasteiger partial charge in [0.15, 0.2) is 17.4 Å². The van der Waals surface area contributed by atoms with E-state index in [-0.39, 0.29) is 11.4 Å². The zero-order valence-electron chi connectivity index (χ0n) is 10.5. The van der Waals surface area contributed by atoms with Crippen LogP contribution < -0.4 is 5.32 Å². The molecule has 0 bridgehead atoms. The molecular weight excluding hydrogens is 344 g/mol. The van der Waals surface area contributed by atoms with Crippen LogP contribution in [0.4, 0.5) is 14.5 Å². The number of furan rings is 1. The van der Waals surface area contributed by atoms with Gasteiger partial charge in [0.2, 0.25) is 0 Å². The normalized spacial score (nSPS) is 10.8. The summed E-state index contributed by atoms with van der Waals surface area (Å²) in [5, 5.41) is 3.22. The lowest BCUT2D eigenvalue weighted by atomic mass is 10.2. The SMILES string of the molecule is O=C(Nc1ccc(F)c(F)c1)c1cc2cccc(Br)c2o1. The van der Waals surface area contributed by atoms with Crippen LogP contribution in [0.2, 0.25) is 0 Å². The minimum atomic E-state index is -1.03. The molecule has 1 aromatic heterocycles. The number of nitrogens with one attached hydrogen (secondary N) is 1. The van der Waals surface area contributed by atoms with Crippen LogP contribution >= 0.6 is 15.9 Å². The lowest BCUT2D eigenvalue weighted by Crippen LogP contribution is -2.11. The van der Waals surface area contributed by atoms with Gasteiger partial charge in [0.05, 0.1) is 4.47 Å². The van der Waals surface area contributed by atoms with Crippen molar-refractivity contribution in [3.05, 3.63) is 64.3 Å². The maximum Gasteiger partial charge on any atom is 0.291 e. The maximum atomic E-state index is 13.1. The Balaban J connectivity index is 1.90. The summed E-state index contributed by atoms with van der Waals surface area (Å²) in [5.41, 5.74) is 0.700. The molecular formula is C15H8BrF2NO2. The van der Waals surface area contributed by atoms with Gasteiger partial charge in [-0.05, 0) is 40.2 Å². The standard InChI is InChI=1S/C15H8BrF2NO2/c16-10-3-1-2-8-6-13(21-14(8)10)15(20)19-9-4-5-11(17)12(18)7-9/h1-7H,(H,19,20). The summed E-state index contributed by atoms with van der Waals surface area (Å²) in [5.74, 6) is -2.45. The van der Waals surface area contributed by atoms with E-state index in [1.807, 2.05) is 6.07 Å². The highest BCUT2D eigenvalue weighted by Gasteiger charge is 2.14. The number of fused-ring (bicyclic) bond motifs is 1. The summed E-state index contributed by atoms with van der Waals surface area (Å²) in [6.45, 7) is 0. The van der Waals surface area contributed by atoms with E-state index in [0.717, 1.165) is 22.0 Å². The number of anilines is 1. The summed E-state index contributed by atoms with van der Waals surface area (Å²) < 4.78 is 32.1. The second kappa shape index (κ2) is 5.29. The van der Waals surface area contributed by atoms with Crippen molar-refractivity contribution < 1.29 is 18.0 Å². The molecule has 3 rings (SSSR count). The van der Waals surface area contributed by atoms with Crippen molar-refractivity contribution in [3.8, 4) is 0 Å². The molecule has 1 heterocycles. The van der Waals surface area contributed by atoms with Crippen LogP contribution in [0.3, 0.4) is 0 Å². The Morgan fingerprint density at radius 2 is 1.90 bits per heavy atom. The highest BCUT2D eigenvalue weighted by molar-refractivity contribution is 9.10. The molecule has 2 aromatic carbocycles. The van der Waals surface area contributed by atoms with Crippen LogP contribution in [0.25, 0.3) is 11.0 Å².